The minimum atomic E-state index is -6.13. The minimum absolute atomic E-state index is 0.0193. The van der Waals surface area contributed by atoms with Crippen molar-refractivity contribution in [3.63, 3.8) is 0 Å². The Bertz CT molecular complexity index is 3250. The molecule has 4 aromatic heterocycles. The van der Waals surface area contributed by atoms with Crippen LogP contribution in [0.1, 0.15) is 35.0 Å². The number of benzene rings is 2. The fraction of sp³-hybridized carbons (Fsp3) is 0.333. The normalized spacial score (nSPS) is 26.5. The van der Waals surface area contributed by atoms with Gasteiger partial charge in [0.2, 0.25) is 23.5 Å². The van der Waals surface area contributed by atoms with Crippen molar-refractivity contribution in [2.75, 3.05) is 24.7 Å². The van der Waals surface area contributed by atoms with Gasteiger partial charge in [0.1, 0.15) is 36.6 Å². The third kappa shape index (κ3) is 8.95. The van der Waals surface area contributed by atoms with Gasteiger partial charge in [0, 0.05) is 6.08 Å². The van der Waals surface area contributed by atoms with E-state index in [-0.39, 0.29) is 40.0 Å². The average molecular weight is 993 g/mol. The van der Waals surface area contributed by atoms with E-state index >= 15 is 0 Å². The molecule has 3 aliphatic rings. The molecule has 6 heterocycles. The quantitative estimate of drug-likeness (QED) is 0.0441. The van der Waals surface area contributed by atoms with Crippen LogP contribution in [0.5, 0.6) is 0 Å². The number of phosphoric ester groups is 2. The number of aromatic nitrogens is 8. The maximum absolute atomic E-state index is 13.1. The molecule has 2 aromatic carbocycles. The number of aromatic amines is 2. The summed E-state index contributed by atoms with van der Waals surface area (Å²) >= 11 is 0. The molecule has 12 N–H and O–H groups in total. The van der Waals surface area contributed by atoms with E-state index in [2.05, 4.69) is 44.1 Å². The lowest BCUT2D eigenvalue weighted by molar-refractivity contribution is -0.747. The lowest BCUT2D eigenvalue weighted by atomic mass is 10.0. The first kappa shape index (κ1) is 46.7. The van der Waals surface area contributed by atoms with Gasteiger partial charge in [-0.15, -0.1) is 0 Å². The van der Waals surface area contributed by atoms with E-state index in [0.29, 0.717) is 0 Å². The SMILES string of the molecule is Cn1c(/C=C\c2ccc3c(c2)Cc2ccccc2-3)[n+]([C@@H]2O[C@H](COP(=O)(O)OP(=O)(O)OP(=O)([O-])OC[C@H]3O[C@@H](n4cnc5c(=O)[nH]c(N)nc54)[C@H](O)[C@@H]3O)[C@@H](O)[C@H]2O)c2nc(N)[nH]c(=O)c21. The topological polar surface area (TPSA) is 421 Å². The first-order chi connectivity index (χ1) is 31.6. The molecule has 67 heavy (non-hydrogen) atoms. The van der Waals surface area contributed by atoms with Crippen LogP contribution in [-0.2, 0) is 54.3 Å². The van der Waals surface area contributed by atoms with Gasteiger partial charge < -0.3 is 60.6 Å². The zero-order valence-electron chi connectivity index (χ0n) is 34.3. The smallest absolute Gasteiger partial charge is 0.487 e. The van der Waals surface area contributed by atoms with Crippen LogP contribution in [0, 0.1) is 0 Å². The maximum atomic E-state index is 13.1. The van der Waals surface area contributed by atoms with E-state index in [4.69, 9.17) is 25.5 Å². The Morgan fingerprint density at radius 2 is 1.52 bits per heavy atom. The summed E-state index contributed by atoms with van der Waals surface area (Å²) in [4.78, 5) is 75.0. The third-order valence-electron chi connectivity index (χ3n) is 11.2. The summed E-state index contributed by atoms with van der Waals surface area (Å²) in [5, 5.41) is 43.5. The third-order valence-corrected chi connectivity index (χ3v) is 15.4. The first-order valence-electron chi connectivity index (χ1n) is 19.7. The number of ether oxygens (including phenoxy) is 2. The van der Waals surface area contributed by atoms with Crippen molar-refractivity contribution in [1.29, 1.82) is 0 Å². The van der Waals surface area contributed by atoms with E-state index in [1.165, 1.54) is 21.7 Å². The minimum Gasteiger partial charge on any atom is -0.756 e. The molecule has 11 atom stereocenters. The number of nitrogens with two attached hydrogens (primary N) is 2. The number of aliphatic hydroxyl groups is 4. The number of nitrogens with one attached hydrogen (secondary N) is 2. The standard InChI is InChI=1S/C36H39N10O18P3/c1-44-22(9-7-15-6-8-19-17(10-15)11-16-4-2-3-5-18(16)19)46(30-24(44)32(52)43-36(38)41-30)34-28(50)26(48)21(62-34)13-60-66(55,56)64-67(57,58)63-65(53,54)59-12-20-25(47)27(49)33(61-20)45-14-39-23-29(45)40-35(37)42-31(23)51/h2-10,14,20-21,25-28,33-34,47-50H,11-13H2,1H3,(H8-,37,38,40,41,42,43,51,52,53,54,55,56,57,58)/b9-7-/t20-,21-,25-,26-,27-,28-,33-,34-/m1/s1. The van der Waals surface area contributed by atoms with Gasteiger partial charge in [-0.3, -0.25) is 37.8 Å². The number of imidazole rings is 2. The van der Waals surface area contributed by atoms with Crippen molar-refractivity contribution in [2.24, 2.45) is 7.05 Å². The van der Waals surface area contributed by atoms with E-state index < -0.39 is 96.9 Å². The van der Waals surface area contributed by atoms with Gasteiger partial charge in [0.15, 0.2) is 17.4 Å². The summed E-state index contributed by atoms with van der Waals surface area (Å²) in [6.45, 7) is -2.31. The molecule has 0 bridgehead atoms. The molecule has 0 saturated carbocycles. The Morgan fingerprint density at radius 3 is 2.30 bits per heavy atom. The Balaban J connectivity index is 0.856. The predicted molar refractivity (Wildman–Crippen MR) is 225 cm³/mol. The molecular weight excluding hydrogens is 953 g/mol. The summed E-state index contributed by atoms with van der Waals surface area (Å²) in [5.74, 6) is -0.421. The Kier molecular flexibility index (Phi) is 12.1. The van der Waals surface area contributed by atoms with Gasteiger partial charge in [-0.1, -0.05) is 47.4 Å². The van der Waals surface area contributed by atoms with Gasteiger partial charge in [-0.2, -0.15) is 13.9 Å². The Hall–Kier alpha value is -5.35. The predicted octanol–water partition coefficient (Wildman–Crippen LogP) is -1.44. The molecule has 356 valence electrons. The molecule has 6 aromatic rings. The highest BCUT2D eigenvalue weighted by Gasteiger charge is 2.50. The second kappa shape index (κ2) is 17.3. The van der Waals surface area contributed by atoms with Crippen molar-refractivity contribution in [3.05, 3.63) is 92.0 Å². The number of aryl methyl sites for hydroxylation is 1. The lowest BCUT2D eigenvalue weighted by Gasteiger charge is -2.26. The average Bonchev–Trinajstić information content (AvgIpc) is 4.03. The number of rotatable bonds is 14. The maximum Gasteiger partial charge on any atom is 0.487 e. The van der Waals surface area contributed by atoms with Gasteiger partial charge in [-0.05, 0) is 40.3 Å². The van der Waals surface area contributed by atoms with E-state index in [1.807, 2.05) is 36.4 Å². The van der Waals surface area contributed by atoms with Gasteiger partial charge in [-0.25, -0.2) is 18.4 Å². The van der Waals surface area contributed by atoms with Crippen LogP contribution >= 0.6 is 23.5 Å². The number of fused-ring (bicyclic) bond motifs is 5. The number of anilines is 2. The summed E-state index contributed by atoms with van der Waals surface area (Å²) in [6, 6.07) is 13.9. The van der Waals surface area contributed by atoms with Crippen molar-refractivity contribution >= 4 is 69.8 Å². The highest BCUT2D eigenvalue weighted by Crippen LogP contribution is 2.66. The van der Waals surface area contributed by atoms with E-state index in [1.54, 1.807) is 12.2 Å². The van der Waals surface area contributed by atoms with Crippen LogP contribution in [0.3, 0.4) is 0 Å². The second-order valence-corrected chi connectivity index (χ2v) is 20.1. The van der Waals surface area contributed by atoms with Crippen LogP contribution in [0.2, 0.25) is 0 Å². The van der Waals surface area contributed by atoms with Crippen LogP contribution in [0.15, 0.2) is 58.4 Å². The molecule has 2 aliphatic heterocycles. The molecule has 2 fully saturated rings. The zero-order chi connectivity index (χ0) is 47.9. The number of hydrogen-bond acceptors (Lipinski definition) is 21. The monoisotopic (exact) mass is 992 g/mol. The number of nitrogens with zero attached hydrogens (tertiary/aromatic N) is 6. The Labute approximate surface area is 374 Å². The largest absolute Gasteiger partial charge is 0.756 e. The van der Waals surface area contributed by atoms with Crippen LogP contribution < -0.4 is 32.0 Å². The van der Waals surface area contributed by atoms with Gasteiger partial charge in [0.25, 0.3) is 24.9 Å². The molecule has 0 radical (unpaired) electrons. The highest BCUT2D eigenvalue weighted by molar-refractivity contribution is 7.66. The molecular formula is C36H39N10O18P3. The molecule has 0 amide bonds. The van der Waals surface area contributed by atoms with Crippen LogP contribution in [-0.4, -0.2) is 114 Å². The summed E-state index contributed by atoms with van der Waals surface area (Å²) in [6.07, 6.45) is -8.80. The molecule has 9 rings (SSSR count). The number of aliphatic hydroxyl groups excluding tert-OH is 4. The molecule has 3 unspecified atom stereocenters. The highest BCUT2D eigenvalue weighted by atomic mass is 31.3. The summed E-state index contributed by atoms with van der Waals surface area (Å²) < 4.78 is 70.7. The van der Waals surface area contributed by atoms with Crippen LogP contribution in [0.4, 0.5) is 11.9 Å². The first-order valence-corrected chi connectivity index (χ1v) is 24.2. The van der Waals surface area contributed by atoms with Crippen molar-refractivity contribution in [2.45, 2.75) is 55.5 Å². The lowest BCUT2D eigenvalue weighted by Crippen LogP contribution is -2.48. The second-order valence-electron chi connectivity index (χ2n) is 15.5. The molecule has 28 nitrogen and oxygen atoms in total. The number of hydrogen-bond donors (Lipinski definition) is 10. The van der Waals surface area contributed by atoms with Crippen molar-refractivity contribution in [1.82, 2.24) is 34.1 Å². The zero-order valence-corrected chi connectivity index (χ0v) is 37.0. The van der Waals surface area contributed by atoms with Crippen molar-refractivity contribution < 1.29 is 80.5 Å². The Morgan fingerprint density at radius 1 is 0.851 bits per heavy atom. The van der Waals surface area contributed by atoms with E-state index in [9.17, 15) is 58.4 Å². The van der Waals surface area contributed by atoms with Crippen LogP contribution in [0.25, 0.3) is 45.6 Å². The van der Waals surface area contributed by atoms with E-state index in [0.717, 1.165) is 39.6 Å². The fourth-order valence-corrected chi connectivity index (χ4v) is 11.7. The summed E-state index contributed by atoms with van der Waals surface area (Å²) in [7, 11) is -16.4. The van der Waals surface area contributed by atoms with Crippen molar-refractivity contribution in [3.8, 4) is 11.1 Å². The molecule has 0 spiro atoms. The number of H-pyrrole nitrogens is 2. The van der Waals surface area contributed by atoms with Gasteiger partial charge in [0.05, 0.1) is 26.6 Å². The molecule has 2 saturated heterocycles. The molecule has 31 heteroatoms. The van der Waals surface area contributed by atoms with Gasteiger partial charge >= 0.3 is 21.3 Å². The summed E-state index contributed by atoms with van der Waals surface area (Å²) in [5.41, 5.74) is 14.8. The number of nitrogen functional groups attached to an aromatic ring is 2. The number of phosphoric acid groups is 3. The molecule has 1 aliphatic carbocycles. The fourth-order valence-electron chi connectivity index (χ4n) is 8.17.